The second kappa shape index (κ2) is 6.53. The highest BCUT2D eigenvalue weighted by atomic mass is 32.1. The molecule has 19 heavy (non-hydrogen) atoms. The zero-order chi connectivity index (χ0) is 13.7. The minimum Gasteiger partial charge on any atom is -0.481 e. The molecule has 0 aliphatic heterocycles. The summed E-state index contributed by atoms with van der Waals surface area (Å²) >= 11 is 1.60. The van der Waals surface area contributed by atoms with Crippen LogP contribution in [-0.2, 0) is 17.8 Å². The van der Waals surface area contributed by atoms with Gasteiger partial charge in [0.05, 0.1) is 6.42 Å². The van der Waals surface area contributed by atoms with Crippen molar-refractivity contribution in [2.24, 2.45) is 5.41 Å². The third-order valence-electron chi connectivity index (χ3n) is 3.95. The number of nitrogens with one attached hydrogen (secondary N) is 1. The molecular weight excluding hydrogens is 258 g/mol. The van der Waals surface area contributed by atoms with Crippen LogP contribution in [0.15, 0.2) is 12.1 Å². The molecule has 0 aromatic carbocycles. The summed E-state index contributed by atoms with van der Waals surface area (Å²) in [5.41, 5.74) is 0.458. The Kier molecular flexibility index (Phi) is 4.99. The van der Waals surface area contributed by atoms with E-state index in [1.165, 1.54) is 37.0 Å². The van der Waals surface area contributed by atoms with Gasteiger partial charge in [-0.15, -0.1) is 11.3 Å². The van der Waals surface area contributed by atoms with Crippen LogP contribution >= 0.6 is 11.3 Å². The summed E-state index contributed by atoms with van der Waals surface area (Å²) < 4.78 is 0. The molecule has 106 valence electrons. The summed E-state index contributed by atoms with van der Waals surface area (Å²) in [5, 5.41) is 12.3. The molecule has 0 unspecified atom stereocenters. The highest BCUT2D eigenvalue weighted by Crippen LogP contribution is 2.35. The summed E-state index contributed by atoms with van der Waals surface area (Å²) in [6.45, 7) is 4.31. The molecule has 1 aromatic rings. The van der Waals surface area contributed by atoms with Crippen molar-refractivity contribution in [1.82, 2.24) is 5.32 Å². The van der Waals surface area contributed by atoms with E-state index in [2.05, 4.69) is 12.2 Å². The van der Waals surface area contributed by atoms with E-state index in [1.54, 1.807) is 11.3 Å². The van der Waals surface area contributed by atoms with Crippen LogP contribution in [0.3, 0.4) is 0 Å². The lowest BCUT2D eigenvalue weighted by Crippen LogP contribution is -2.33. The Balaban J connectivity index is 1.76. The van der Waals surface area contributed by atoms with Crippen LogP contribution in [0.25, 0.3) is 0 Å². The molecule has 2 rings (SSSR count). The predicted octanol–water partition coefficient (Wildman–Crippen LogP) is 3.44. The normalized spacial score (nSPS) is 18.4. The Hall–Kier alpha value is -0.870. The average molecular weight is 281 g/mol. The van der Waals surface area contributed by atoms with Crippen molar-refractivity contribution in [2.75, 3.05) is 6.54 Å². The molecule has 1 aromatic heterocycles. The molecular formula is C15H23NO2S. The first-order valence-corrected chi connectivity index (χ1v) is 7.89. The summed E-state index contributed by atoms with van der Waals surface area (Å²) in [6, 6.07) is 3.97. The van der Waals surface area contributed by atoms with Crippen molar-refractivity contribution >= 4 is 17.3 Å². The molecule has 0 saturated heterocycles. The first-order valence-electron chi connectivity index (χ1n) is 7.08. The summed E-state index contributed by atoms with van der Waals surface area (Å²) in [4.78, 5) is 12.8. The van der Waals surface area contributed by atoms with E-state index in [0.29, 0.717) is 5.41 Å². The molecule has 1 heterocycles. The van der Waals surface area contributed by atoms with Gasteiger partial charge in [0.1, 0.15) is 0 Å². The number of hydrogen-bond acceptors (Lipinski definition) is 3. The van der Waals surface area contributed by atoms with E-state index in [1.807, 2.05) is 12.1 Å². The zero-order valence-electron chi connectivity index (χ0n) is 11.6. The van der Waals surface area contributed by atoms with Gasteiger partial charge in [0, 0.05) is 22.8 Å². The van der Waals surface area contributed by atoms with E-state index in [9.17, 15) is 4.79 Å². The molecule has 1 aliphatic carbocycles. The van der Waals surface area contributed by atoms with Gasteiger partial charge in [-0.05, 0) is 30.4 Å². The van der Waals surface area contributed by atoms with Crippen molar-refractivity contribution < 1.29 is 9.90 Å². The van der Waals surface area contributed by atoms with Crippen LogP contribution < -0.4 is 5.32 Å². The Morgan fingerprint density at radius 2 is 2.00 bits per heavy atom. The fraction of sp³-hybridized carbons (Fsp3) is 0.667. The van der Waals surface area contributed by atoms with Crippen LogP contribution in [0.5, 0.6) is 0 Å². The summed E-state index contributed by atoms with van der Waals surface area (Å²) in [7, 11) is 0. The molecule has 0 amide bonds. The van der Waals surface area contributed by atoms with Crippen molar-refractivity contribution in [3.63, 3.8) is 0 Å². The van der Waals surface area contributed by atoms with Gasteiger partial charge in [0.15, 0.2) is 0 Å². The molecule has 0 atom stereocenters. The van der Waals surface area contributed by atoms with Gasteiger partial charge < -0.3 is 10.4 Å². The van der Waals surface area contributed by atoms with E-state index >= 15 is 0 Å². The predicted molar refractivity (Wildman–Crippen MR) is 78.6 cm³/mol. The van der Waals surface area contributed by atoms with Gasteiger partial charge in [-0.25, -0.2) is 0 Å². The van der Waals surface area contributed by atoms with Crippen molar-refractivity contribution in [1.29, 1.82) is 0 Å². The fourth-order valence-corrected chi connectivity index (χ4v) is 3.81. The van der Waals surface area contributed by atoms with Crippen LogP contribution in [-0.4, -0.2) is 17.6 Å². The minimum absolute atomic E-state index is 0.141. The lowest BCUT2D eigenvalue weighted by molar-refractivity contribution is -0.136. The smallest absolute Gasteiger partial charge is 0.308 e. The topological polar surface area (TPSA) is 49.3 Å². The third kappa shape index (κ3) is 4.62. The summed E-state index contributed by atoms with van der Waals surface area (Å²) in [6.07, 6.45) is 6.91. The SMILES string of the molecule is CC1(CNCc2ccc(CC(=O)O)s2)CCCCC1. The van der Waals surface area contributed by atoms with E-state index < -0.39 is 5.97 Å². The first-order chi connectivity index (χ1) is 9.07. The van der Waals surface area contributed by atoms with Gasteiger partial charge in [-0.2, -0.15) is 0 Å². The largest absolute Gasteiger partial charge is 0.481 e. The number of carboxylic acid groups (broad SMARTS) is 1. The lowest BCUT2D eigenvalue weighted by atomic mass is 9.76. The Bertz CT molecular complexity index is 422. The number of aliphatic carboxylic acids is 1. The Morgan fingerprint density at radius 1 is 1.32 bits per heavy atom. The highest BCUT2D eigenvalue weighted by Gasteiger charge is 2.25. The maximum absolute atomic E-state index is 10.6. The lowest BCUT2D eigenvalue weighted by Gasteiger charge is -2.33. The van der Waals surface area contributed by atoms with Gasteiger partial charge >= 0.3 is 5.97 Å². The quantitative estimate of drug-likeness (QED) is 0.840. The third-order valence-corrected chi connectivity index (χ3v) is 5.04. The van der Waals surface area contributed by atoms with E-state index in [4.69, 9.17) is 5.11 Å². The van der Waals surface area contributed by atoms with E-state index in [-0.39, 0.29) is 6.42 Å². The van der Waals surface area contributed by atoms with Crippen molar-refractivity contribution in [3.8, 4) is 0 Å². The molecule has 0 spiro atoms. The molecule has 0 radical (unpaired) electrons. The maximum Gasteiger partial charge on any atom is 0.308 e. The fourth-order valence-electron chi connectivity index (χ4n) is 2.83. The first kappa shape index (κ1) is 14.5. The van der Waals surface area contributed by atoms with Crippen LogP contribution in [0.1, 0.15) is 48.8 Å². The van der Waals surface area contributed by atoms with E-state index in [0.717, 1.165) is 18.0 Å². The van der Waals surface area contributed by atoms with Crippen molar-refractivity contribution in [2.45, 2.75) is 52.0 Å². The molecule has 1 saturated carbocycles. The second-order valence-electron chi connectivity index (χ2n) is 5.91. The van der Waals surface area contributed by atoms with Crippen LogP contribution in [0.4, 0.5) is 0 Å². The molecule has 1 fully saturated rings. The number of carboxylic acids is 1. The maximum atomic E-state index is 10.6. The number of carbonyl (C=O) groups is 1. The summed E-state index contributed by atoms with van der Waals surface area (Å²) in [5.74, 6) is -0.754. The molecule has 3 nitrogen and oxygen atoms in total. The van der Waals surface area contributed by atoms with Gasteiger partial charge in [-0.1, -0.05) is 26.2 Å². The molecule has 1 aliphatic rings. The highest BCUT2D eigenvalue weighted by molar-refractivity contribution is 7.12. The zero-order valence-corrected chi connectivity index (χ0v) is 12.4. The Labute approximate surface area is 119 Å². The number of hydrogen-bond donors (Lipinski definition) is 2. The number of thiophene rings is 1. The second-order valence-corrected chi connectivity index (χ2v) is 7.17. The standard InChI is InChI=1S/C15H23NO2S/c1-15(7-3-2-4-8-15)11-16-10-13-6-5-12(19-13)9-14(17)18/h5-6,16H,2-4,7-11H2,1H3,(H,17,18). The molecule has 2 N–H and O–H groups in total. The molecule has 4 heteroatoms. The van der Waals surface area contributed by atoms with Crippen LogP contribution in [0.2, 0.25) is 0 Å². The Morgan fingerprint density at radius 3 is 2.68 bits per heavy atom. The van der Waals surface area contributed by atoms with Gasteiger partial charge in [-0.3, -0.25) is 4.79 Å². The van der Waals surface area contributed by atoms with Gasteiger partial charge in [0.2, 0.25) is 0 Å². The minimum atomic E-state index is -0.754. The monoisotopic (exact) mass is 281 g/mol. The van der Waals surface area contributed by atoms with Gasteiger partial charge in [0.25, 0.3) is 0 Å². The number of rotatable bonds is 6. The van der Waals surface area contributed by atoms with Crippen LogP contribution in [0, 0.1) is 5.41 Å². The molecule has 0 bridgehead atoms. The van der Waals surface area contributed by atoms with Crippen molar-refractivity contribution in [3.05, 3.63) is 21.9 Å². The average Bonchev–Trinajstić information content (AvgIpc) is 2.76.